The average Bonchev–Trinajstić information content (AvgIpc) is 3.01. The van der Waals surface area contributed by atoms with Crippen molar-refractivity contribution in [3.05, 3.63) is 0 Å². The van der Waals surface area contributed by atoms with Gasteiger partial charge in [0.05, 0.1) is 12.9 Å². The third-order valence-corrected chi connectivity index (χ3v) is 3.96. The van der Waals surface area contributed by atoms with E-state index in [1.807, 2.05) is 0 Å². The minimum Gasteiger partial charge on any atom is -0.387 e. The summed E-state index contributed by atoms with van der Waals surface area (Å²) in [7, 11) is -4.74. The topological polar surface area (TPSA) is 174 Å². The lowest BCUT2D eigenvalue weighted by Gasteiger charge is -2.26. The summed E-state index contributed by atoms with van der Waals surface area (Å²) in [4.78, 5) is 41.5. The van der Waals surface area contributed by atoms with E-state index in [1.54, 1.807) is 0 Å². The van der Waals surface area contributed by atoms with Gasteiger partial charge in [0.1, 0.15) is 30.5 Å². The van der Waals surface area contributed by atoms with E-state index < -0.39 is 50.9 Å². The van der Waals surface area contributed by atoms with Gasteiger partial charge in [-0.05, 0) is 0 Å². The molecule has 3 rings (SSSR count). The lowest BCUT2D eigenvalue weighted by atomic mass is 10.1. The highest BCUT2D eigenvalue weighted by Gasteiger charge is 2.49. The number of aliphatic hydroxyl groups excluding tert-OH is 2. The summed E-state index contributed by atoms with van der Waals surface area (Å²) >= 11 is 0. The Kier molecular flexibility index (Phi) is 4.14. The van der Waals surface area contributed by atoms with E-state index in [-0.39, 0.29) is 5.84 Å². The quantitative estimate of drug-likeness (QED) is 0.392. The van der Waals surface area contributed by atoms with Crippen LogP contribution in [0.2, 0.25) is 0 Å². The van der Waals surface area contributed by atoms with Crippen LogP contribution in [0.25, 0.3) is 0 Å². The van der Waals surface area contributed by atoms with Crippen LogP contribution in [0.15, 0.2) is 15.0 Å². The first-order valence-electron chi connectivity index (χ1n) is 6.45. The molecular formula is C10H13N4O8P. The summed E-state index contributed by atoms with van der Waals surface area (Å²) < 4.78 is 20.4. The molecule has 0 radical (unpaired) electrons. The number of phosphoric acid groups is 1. The molecule has 3 aliphatic rings. The van der Waals surface area contributed by atoms with Crippen LogP contribution in [0.5, 0.6) is 0 Å². The van der Waals surface area contributed by atoms with Crippen LogP contribution in [0.4, 0.5) is 0 Å². The first-order valence-corrected chi connectivity index (χ1v) is 7.98. The van der Waals surface area contributed by atoms with Gasteiger partial charge < -0.3 is 24.7 Å². The molecule has 3 aliphatic heterocycles. The number of phosphoric ester groups is 1. The van der Waals surface area contributed by atoms with Crippen LogP contribution in [0.3, 0.4) is 0 Å². The SMILES string of the molecule is O=C1N=CN=C2C1N=CN2[C@@H]1OC(COP(=O)(O)O)C(O)C1O. The maximum atomic E-state index is 11.6. The fraction of sp³-hybridized carbons (Fsp3) is 0.600. The summed E-state index contributed by atoms with van der Waals surface area (Å²) in [6, 6.07) is -0.932. The lowest BCUT2D eigenvalue weighted by Crippen LogP contribution is -2.48. The molecule has 1 amide bonds. The van der Waals surface area contributed by atoms with Gasteiger partial charge in [0.2, 0.25) is 0 Å². The van der Waals surface area contributed by atoms with Gasteiger partial charge in [-0.15, -0.1) is 0 Å². The van der Waals surface area contributed by atoms with Crippen molar-refractivity contribution in [2.45, 2.75) is 30.6 Å². The van der Waals surface area contributed by atoms with E-state index in [0.717, 1.165) is 6.34 Å². The Morgan fingerprint density at radius 3 is 2.78 bits per heavy atom. The van der Waals surface area contributed by atoms with Gasteiger partial charge in [-0.3, -0.25) is 19.2 Å². The van der Waals surface area contributed by atoms with E-state index in [4.69, 9.17) is 14.5 Å². The summed E-state index contributed by atoms with van der Waals surface area (Å²) in [5.74, 6) is -0.346. The average molecular weight is 348 g/mol. The number of hydrogen-bond donors (Lipinski definition) is 4. The molecule has 4 N–H and O–H groups in total. The van der Waals surface area contributed by atoms with Gasteiger partial charge >= 0.3 is 7.82 Å². The molecule has 3 heterocycles. The fourth-order valence-electron chi connectivity index (χ4n) is 2.40. The molecule has 12 nitrogen and oxygen atoms in total. The molecule has 0 aliphatic carbocycles. The van der Waals surface area contributed by atoms with Gasteiger partial charge in [0, 0.05) is 0 Å². The zero-order valence-electron chi connectivity index (χ0n) is 11.4. The first kappa shape index (κ1) is 16.3. The predicted octanol–water partition coefficient (Wildman–Crippen LogP) is -2.78. The van der Waals surface area contributed by atoms with Gasteiger partial charge in [-0.2, -0.15) is 4.99 Å². The van der Waals surface area contributed by atoms with Gasteiger partial charge in [-0.25, -0.2) is 9.56 Å². The number of amidine groups is 1. The lowest BCUT2D eigenvalue weighted by molar-refractivity contribution is -0.117. The Hall–Kier alpha value is -1.53. The van der Waals surface area contributed by atoms with E-state index in [2.05, 4.69) is 19.5 Å². The second kappa shape index (κ2) is 5.83. The highest BCUT2D eigenvalue weighted by atomic mass is 31.2. The van der Waals surface area contributed by atoms with Crippen molar-refractivity contribution < 1.29 is 38.6 Å². The maximum absolute atomic E-state index is 11.6. The van der Waals surface area contributed by atoms with E-state index in [0.29, 0.717) is 0 Å². The number of carbonyl (C=O) groups excluding carboxylic acids is 1. The Labute approximate surface area is 129 Å². The third kappa shape index (κ3) is 3.10. The third-order valence-electron chi connectivity index (χ3n) is 3.48. The van der Waals surface area contributed by atoms with Crippen molar-refractivity contribution in [1.29, 1.82) is 0 Å². The number of aliphatic imine (C=N–C) groups is 3. The minimum atomic E-state index is -4.74. The van der Waals surface area contributed by atoms with Gasteiger partial charge in [0.25, 0.3) is 5.91 Å². The van der Waals surface area contributed by atoms with Crippen LogP contribution in [0, 0.1) is 0 Å². The molecule has 23 heavy (non-hydrogen) atoms. The van der Waals surface area contributed by atoms with Gasteiger partial charge in [-0.1, -0.05) is 0 Å². The van der Waals surface area contributed by atoms with Crippen molar-refractivity contribution in [1.82, 2.24) is 4.90 Å². The normalized spacial score (nSPS) is 36.5. The van der Waals surface area contributed by atoms with Crippen molar-refractivity contribution in [3.8, 4) is 0 Å². The molecular weight excluding hydrogens is 335 g/mol. The molecule has 0 aromatic rings. The predicted molar refractivity (Wildman–Crippen MR) is 73.7 cm³/mol. The number of rotatable bonds is 4. The molecule has 1 fully saturated rings. The number of ether oxygens (including phenoxy) is 1. The molecule has 5 atom stereocenters. The van der Waals surface area contributed by atoms with Crippen molar-refractivity contribution in [2.75, 3.05) is 6.61 Å². The van der Waals surface area contributed by atoms with Crippen LogP contribution in [-0.2, 0) is 18.6 Å². The number of hydrogen-bond acceptors (Lipinski definition) is 9. The molecule has 13 heteroatoms. The molecule has 1 saturated heterocycles. The van der Waals surface area contributed by atoms with Crippen molar-refractivity contribution in [2.24, 2.45) is 15.0 Å². The molecule has 4 unspecified atom stereocenters. The highest BCUT2D eigenvalue weighted by molar-refractivity contribution is 7.46. The Balaban J connectivity index is 1.73. The van der Waals surface area contributed by atoms with Crippen LogP contribution in [0.1, 0.15) is 0 Å². The molecule has 0 spiro atoms. The number of fused-ring (bicyclic) bond motifs is 1. The van der Waals surface area contributed by atoms with E-state index >= 15 is 0 Å². The van der Waals surface area contributed by atoms with E-state index in [9.17, 15) is 19.6 Å². The highest BCUT2D eigenvalue weighted by Crippen LogP contribution is 2.37. The van der Waals surface area contributed by atoms with Crippen molar-refractivity contribution in [3.63, 3.8) is 0 Å². The van der Waals surface area contributed by atoms with Crippen LogP contribution >= 0.6 is 7.82 Å². The summed E-state index contributed by atoms with van der Waals surface area (Å²) in [6.07, 6.45) is -2.93. The Bertz CT molecular complexity index is 645. The van der Waals surface area contributed by atoms with Gasteiger partial charge in [0.15, 0.2) is 12.3 Å². The van der Waals surface area contributed by atoms with Crippen LogP contribution < -0.4 is 0 Å². The number of carbonyl (C=O) groups is 1. The molecule has 0 bridgehead atoms. The second-order valence-electron chi connectivity index (χ2n) is 4.98. The Morgan fingerprint density at radius 1 is 1.35 bits per heavy atom. The van der Waals surface area contributed by atoms with Crippen molar-refractivity contribution >= 4 is 32.2 Å². The summed E-state index contributed by atoms with van der Waals surface area (Å²) in [5, 5.41) is 20.0. The zero-order valence-corrected chi connectivity index (χ0v) is 12.3. The molecule has 126 valence electrons. The number of amides is 1. The van der Waals surface area contributed by atoms with Crippen LogP contribution in [-0.4, -0.2) is 86.5 Å². The minimum absolute atomic E-state index is 0.179. The summed E-state index contributed by atoms with van der Waals surface area (Å²) in [5.41, 5.74) is 0. The maximum Gasteiger partial charge on any atom is 0.469 e. The molecule has 0 aromatic heterocycles. The Morgan fingerprint density at radius 2 is 2.09 bits per heavy atom. The monoisotopic (exact) mass is 348 g/mol. The zero-order chi connectivity index (χ0) is 16.8. The van der Waals surface area contributed by atoms with E-state index in [1.165, 1.54) is 11.2 Å². The smallest absolute Gasteiger partial charge is 0.387 e. The summed E-state index contributed by atoms with van der Waals surface area (Å²) in [6.45, 7) is -0.625. The number of aliphatic hydroxyl groups is 2. The first-order chi connectivity index (χ1) is 10.8. The fourth-order valence-corrected chi connectivity index (χ4v) is 2.74. The number of nitrogens with zero attached hydrogens (tertiary/aromatic N) is 4. The standard InChI is InChI=1S/C10H13N4O8P/c15-6-4(1-21-23(18,19)20)22-10(7(6)16)14-3-13-5-8(14)11-2-12-9(5)17/h2-7,10,15-16H,1H2,(H2,18,19,20)/t4?,5?,6?,7?,10-/m1/s1. The second-order valence-corrected chi connectivity index (χ2v) is 6.22. The molecule has 0 aromatic carbocycles. The molecule has 0 saturated carbocycles. The largest absolute Gasteiger partial charge is 0.469 e.